The topological polar surface area (TPSA) is 37.0 Å². The monoisotopic (exact) mass is 191 g/mol. The van der Waals surface area contributed by atoms with Crippen LogP contribution in [0.4, 0.5) is 10.8 Å². The van der Waals surface area contributed by atoms with Gasteiger partial charge in [0.15, 0.2) is 0 Å². The van der Waals surface area contributed by atoms with Crippen LogP contribution in [0.1, 0.15) is 0 Å². The number of rotatable bonds is 3. The van der Waals surface area contributed by atoms with Crippen LogP contribution in [-0.4, -0.2) is 4.98 Å². The molecule has 2 aromatic rings. The Morgan fingerprint density at radius 1 is 1.08 bits per heavy atom. The Balaban J connectivity index is 1.94. The minimum Gasteiger partial charge on any atom is -0.299 e. The first-order valence-electron chi connectivity index (χ1n) is 3.92. The predicted octanol–water partition coefficient (Wildman–Crippen LogP) is 2.58. The van der Waals surface area contributed by atoms with E-state index in [4.69, 9.17) is 0 Å². The fourth-order valence-corrected chi connectivity index (χ4v) is 1.41. The molecule has 0 aliphatic carbocycles. The van der Waals surface area contributed by atoms with Gasteiger partial charge >= 0.3 is 0 Å². The van der Waals surface area contributed by atoms with Crippen molar-refractivity contribution in [3.63, 3.8) is 0 Å². The number of hydrogen-bond donors (Lipinski definition) is 2. The number of anilines is 2. The maximum Gasteiger partial charge on any atom is 0.201 e. The summed E-state index contributed by atoms with van der Waals surface area (Å²) in [4.78, 5) is 4.08. The largest absolute Gasteiger partial charge is 0.299 e. The van der Waals surface area contributed by atoms with E-state index in [0.29, 0.717) is 0 Å². The summed E-state index contributed by atoms with van der Waals surface area (Å²) in [6.07, 6.45) is 1.76. The molecule has 0 saturated heterocycles. The standard InChI is InChI=1S/C9H9N3S/c1-2-4-8(5-3-1)11-12-9-10-6-7-13-9/h1-7,11H,(H,10,12). The molecule has 0 fully saturated rings. The summed E-state index contributed by atoms with van der Waals surface area (Å²) in [5.74, 6) is 0. The van der Waals surface area contributed by atoms with Crippen molar-refractivity contribution < 1.29 is 0 Å². The molecule has 3 nitrogen and oxygen atoms in total. The molecule has 0 aliphatic heterocycles. The van der Waals surface area contributed by atoms with E-state index in [1.165, 1.54) is 0 Å². The summed E-state index contributed by atoms with van der Waals surface area (Å²) in [6.45, 7) is 0. The zero-order chi connectivity index (χ0) is 8.93. The van der Waals surface area contributed by atoms with Crippen LogP contribution in [0.25, 0.3) is 0 Å². The number of hydrogen-bond acceptors (Lipinski definition) is 4. The molecule has 1 aromatic heterocycles. The number of nitrogens with one attached hydrogen (secondary N) is 2. The molecule has 0 saturated carbocycles. The number of aromatic nitrogens is 1. The van der Waals surface area contributed by atoms with Gasteiger partial charge in [-0.05, 0) is 12.1 Å². The Morgan fingerprint density at radius 2 is 1.92 bits per heavy atom. The highest BCUT2D eigenvalue weighted by atomic mass is 32.1. The second-order valence-electron chi connectivity index (χ2n) is 2.45. The minimum atomic E-state index is 0.865. The Bertz CT molecular complexity index is 344. The van der Waals surface area contributed by atoms with Crippen LogP contribution in [0.2, 0.25) is 0 Å². The first-order chi connectivity index (χ1) is 6.45. The highest BCUT2D eigenvalue weighted by Crippen LogP contribution is 2.11. The molecule has 2 N–H and O–H groups in total. The van der Waals surface area contributed by atoms with Crippen LogP contribution in [0.3, 0.4) is 0 Å². The molecular weight excluding hydrogens is 182 g/mol. The molecule has 4 heteroatoms. The number of nitrogens with zero attached hydrogens (tertiary/aromatic N) is 1. The molecule has 1 heterocycles. The molecule has 0 bridgehead atoms. The van der Waals surface area contributed by atoms with E-state index in [-0.39, 0.29) is 0 Å². The summed E-state index contributed by atoms with van der Waals surface area (Å²) in [7, 11) is 0. The summed E-state index contributed by atoms with van der Waals surface area (Å²) >= 11 is 1.56. The summed E-state index contributed by atoms with van der Waals surface area (Å²) in [6, 6.07) is 9.91. The van der Waals surface area contributed by atoms with Gasteiger partial charge in [-0.2, -0.15) is 0 Å². The van der Waals surface area contributed by atoms with Gasteiger partial charge in [0, 0.05) is 11.6 Å². The third-order valence-corrected chi connectivity index (χ3v) is 2.21. The summed E-state index contributed by atoms with van der Waals surface area (Å²) in [5, 5.41) is 2.79. The second-order valence-corrected chi connectivity index (χ2v) is 3.35. The maximum absolute atomic E-state index is 4.08. The van der Waals surface area contributed by atoms with Crippen molar-refractivity contribution in [1.82, 2.24) is 4.98 Å². The van der Waals surface area contributed by atoms with Crippen LogP contribution >= 0.6 is 11.3 Å². The van der Waals surface area contributed by atoms with Gasteiger partial charge in [-0.1, -0.05) is 18.2 Å². The first kappa shape index (κ1) is 8.07. The van der Waals surface area contributed by atoms with Crippen LogP contribution in [-0.2, 0) is 0 Å². The molecular formula is C9H9N3S. The Labute approximate surface area is 80.4 Å². The highest BCUT2D eigenvalue weighted by molar-refractivity contribution is 7.13. The Kier molecular flexibility index (Phi) is 2.43. The first-order valence-corrected chi connectivity index (χ1v) is 4.80. The highest BCUT2D eigenvalue weighted by Gasteiger charge is 1.91. The van der Waals surface area contributed by atoms with Gasteiger partial charge in [-0.3, -0.25) is 10.9 Å². The average molecular weight is 191 g/mol. The summed E-state index contributed by atoms with van der Waals surface area (Å²) in [5.41, 5.74) is 7.07. The molecule has 0 radical (unpaired) electrons. The van der Waals surface area contributed by atoms with E-state index in [9.17, 15) is 0 Å². The van der Waals surface area contributed by atoms with Gasteiger partial charge in [-0.15, -0.1) is 11.3 Å². The van der Waals surface area contributed by atoms with Crippen LogP contribution in [0, 0.1) is 0 Å². The molecule has 13 heavy (non-hydrogen) atoms. The third kappa shape index (κ3) is 2.19. The van der Waals surface area contributed by atoms with Crippen LogP contribution in [0.15, 0.2) is 41.9 Å². The molecule has 1 aromatic carbocycles. The Morgan fingerprint density at radius 3 is 2.62 bits per heavy atom. The van der Waals surface area contributed by atoms with Crippen molar-refractivity contribution in [1.29, 1.82) is 0 Å². The molecule has 66 valence electrons. The van der Waals surface area contributed by atoms with Crippen molar-refractivity contribution in [3.8, 4) is 0 Å². The van der Waals surface area contributed by atoms with Crippen molar-refractivity contribution in [2.75, 3.05) is 10.9 Å². The normalized spacial score (nSPS) is 9.54. The number of benzene rings is 1. The zero-order valence-electron chi connectivity index (χ0n) is 6.90. The fraction of sp³-hybridized carbons (Fsp3) is 0. The minimum absolute atomic E-state index is 0.865. The van der Waals surface area contributed by atoms with Crippen LogP contribution < -0.4 is 10.9 Å². The Hall–Kier alpha value is -1.55. The van der Waals surface area contributed by atoms with E-state index in [1.54, 1.807) is 17.5 Å². The summed E-state index contributed by atoms with van der Waals surface area (Å²) < 4.78 is 0. The van der Waals surface area contributed by atoms with Crippen LogP contribution in [0.5, 0.6) is 0 Å². The zero-order valence-corrected chi connectivity index (χ0v) is 7.71. The lowest BCUT2D eigenvalue weighted by molar-refractivity contribution is 1.33. The van der Waals surface area contributed by atoms with E-state index < -0.39 is 0 Å². The maximum atomic E-state index is 4.08. The number of para-hydroxylation sites is 1. The average Bonchev–Trinajstić information content (AvgIpc) is 2.69. The molecule has 0 atom stereocenters. The lowest BCUT2D eigenvalue weighted by atomic mass is 10.3. The van der Waals surface area contributed by atoms with Crippen molar-refractivity contribution >= 4 is 22.2 Å². The van der Waals surface area contributed by atoms with E-state index in [0.717, 1.165) is 10.8 Å². The smallest absolute Gasteiger partial charge is 0.201 e. The van der Waals surface area contributed by atoms with Gasteiger partial charge in [0.1, 0.15) is 0 Å². The molecule has 0 spiro atoms. The predicted molar refractivity (Wildman–Crippen MR) is 55.8 cm³/mol. The molecule has 0 amide bonds. The third-order valence-electron chi connectivity index (χ3n) is 1.52. The van der Waals surface area contributed by atoms with Gasteiger partial charge < -0.3 is 0 Å². The quantitative estimate of drug-likeness (QED) is 0.732. The van der Waals surface area contributed by atoms with Crippen molar-refractivity contribution in [2.45, 2.75) is 0 Å². The molecule has 0 aliphatic rings. The van der Waals surface area contributed by atoms with Crippen molar-refractivity contribution in [3.05, 3.63) is 41.9 Å². The SMILES string of the molecule is c1ccc(NNc2nccs2)cc1. The van der Waals surface area contributed by atoms with Crippen molar-refractivity contribution in [2.24, 2.45) is 0 Å². The van der Waals surface area contributed by atoms with Gasteiger partial charge in [0.05, 0.1) is 5.69 Å². The lowest BCUT2D eigenvalue weighted by Crippen LogP contribution is -2.07. The molecule has 2 rings (SSSR count). The van der Waals surface area contributed by atoms with Gasteiger partial charge in [-0.25, -0.2) is 4.98 Å². The fourth-order valence-electron chi connectivity index (χ4n) is 0.932. The van der Waals surface area contributed by atoms with E-state index in [2.05, 4.69) is 15.8 Å². The van der Waals surface area contributed by atoms with E-state index >= 15 is 0 Å². The van der Waals surface area contributed by atoms with Gasteiger partial charge in [0.25, 0.3) is 0 Å². The second kappa shape index (κ2) is 3.91. The number of hydrazine groups is 1. The van der Waals surface area contributed by atoms with E-state index in [1.807, 2.05) is 35.7 Å². The van der Waals surface area contributed by atoms with Gasteiger partial charge in [0.2, 0.25) is 5.13 Å². The lowest BCUT2D eigenvalue weighted by Gasteiger charge is -2.05. The number of thiazole rings is 1. The molecule has 0 unspecified atom stereocenters.